The average molecular weight is 498 g/mol. The van der Waals surface area contributed by atoms with Crippen molar-refractivity contribution in [1.29, 1.82) is 5.26 Å². The van der Waals surface area contributed by atoms with E-state index in [-0.39, 0.29) is 41.4 Å². The van der Waals surface area contributed by atoms with Crippen LogP contribution in [0.5, 0.6) is 0 Å². The third kappa shape index (κ3) is 4.12. The lowest BCUT2D eigenvalue weighted by atomic mass is 9.76. The first kappa shape index (κ1) is 23.2. The standard InChI is InChI=1S/C26H27N9O2/c1-13-4-5-16(9-27)23(29-13)17-6-19(7-17)31-25(36)22-12-35(33-32-22)15(3)21-10-28-24(14(2)30-21)34-11-18-8-20(18)26(34)37/h4-5,10,12,15,17-20H,6-8,11H2,1-3H3,(H,31,36)/t15?,17?,18-,19?,20-/m1/s1. The molecule has 2 aliphatic carbocycles. The molecule has 0 bridgehead atoms. The number of carbonyl (C=O) groups excluding carboxylic acids is 2. The maximum atomic E-state index is 12.8. The molecule has 2 saturated carbocycles. The Hall–Kier alpha value is -4.20. The smallest absolute Gasteiger partial charge is 0.273 e. The van der Waals surface area contributed by atoms with E-state index in [4.69, 9.17) is 0 Å². The summed E-state index contributed by atoms with van der Waals surface area (Å²) in [7, 11) is 0. The fourth-order valence-corrected chi connectivity index (χ4v) is 5.33. The van der Waals surface area contributed by atoms with Gasteiger partial charge in [-0.2, -0.15) is 5.26 Å². The number of fused-ring (bicyclic) bond motifs is 1. The highest BCUT2D eigenvalue weighted by Crippen LogP contribution is 2.47. The molecule has 1 N–H and O–H groups in total. The highest BCUT2D eigenvalue weighted by atomic mass is 16.2. The zero-order valence-electron chi connectivity index (χ0n) is 20.9. The number of aromatic nitrogens is 6. The van der Waals surface area contributed by atoms with E-state index in [1.807, 2.05) is 26.8 Å². The summed E-state index contributed by atoms with van der Waals surface area (Å²) in [6.07, 6.45) is 5.71. The van der Waals surface area contributed by atoms with Crippen molar-refractivity contribution >= 4 is 17.6 Å². The maximum absolute atomic E-state index is 12.8. The summed E-state index contributed by atoms with van der Waals surface area (Å²) in [5.41, 5.74) is 3.87. The second kappa shape index (κ2) is 8.73. The summed E-state index contributed by atoms with van der Waals surface area (Å²) in [6, 6.07) is 5.55. The summed E-state index contributed by atoms with van der Waals surface area (Å²) in [6.45, 7) is 6.39. The third-order valence-corrected chi connectivity index (χ3v) is 7.73. The summed E-state index contributed by atoms with van der Waals surface area (Å²) >= 11 is 0. The molecule has 1 aliphatic heterocycles. The summed E-state index contributed by atoms with van der Waals surface area (Å²) < 4.78 is 1.59. The number of carbonyl (C=O) groups is 2. The van der Waals surface area contributed by atoms with Crippen LogP contribution in [0, 0.1) is 37.0 Å². The van der Waals surface area contributed by atoms with E-state index in [0.717, 1.165) is 37.2 Å². The van der Waals surface area contributed by atoms with Gasteiger partial charge in [-0.1, -0.05) is 5.21 Å². The Morgan fingerprint density at radius 3 is 2.73 bits per heavy atom. The molecule has 3 aromatic rings. The predicted molar refractivity (Wildman–Crippen MR) is 131 cm³/mol. The van der Waals surface area contributed by atoms with E-state index < -0.39 is 0 Å². The Kier molecular flexibility index (Phi) is 5.47. The number of piperidine rings is 1. The van der Waals surface area contributed by atoms with E-state index in [0.29, 0.717) is 28.7 Å². The van der Waals surface area contributed by atoms with Gasteiger partial charge in [-0.25, -0.2) is 9.67 Å². The minimum atomic E-state index is -0.290. The van der Waals surface area contributed by atoms with Gasteiger partial charge in [0.2, 0.25) is 5.91 Å². The molecule has 3 fully saturated rings. The number of anilines is 1. The van der Waals surface area contributed by atoms with Crippen molar-refractivity contribution in [3.8, 4) is 6.07 Å². The second-order valence-electron chi connectivity index (χ2n) is 10.4. The number of pyridine rings is 1. The molecule has 6 rings (SSSR count). The Morgan fingerprint density at radius 2 is 2.03 bits per heavy atom. The normalized spacial score (nSPS) is 24.7. The summed E-state index contributed by atoms with van der Waals surface area (Å²) in [5, 5.41) is 20.6. The van der Waals surface area contributed by atoms with E-state index in [1.54, 1.807) is 28.0 Å². The molecule has 11 heteroatoms. The van der Waals surface area contributed by atoms with Crippen LogP contribution in [0.4, 0.5) is 5.82 Å². The molecule has 188 valence electrons. The van der Waals surface area contributed by atoms with Crippen molar-refractivity contribution < 1.29 is 9.59 Å². The fourth-order valence-electron chi connectivity index (χ4n) is 5.33. The molecule has 3 aromatic heterocycles. The minimum Gasteiger partial charge on any atom is -0.348 e. The Morgan fingerprint density at radius 1 is 1.22 bits per heavy atom. The number of nitrogens with zero attached hydrogens (tertiary/aromatic N) is 8. The quantitative estimate of drug-likeness (QED) is 0.546. The van der Waals surface area contributed by atoms with Gasteiger partial charge in [0.25, 0.3) is 5.91 Å². The number of aryl methyl sites for hydroxylation is 2. The van der Waals surface area contributed by atoms with E-state index in [2.05, 4.69) is 36.7 Å². The lowest BCUT2D eigenvalue weighted by Gasteiger charge is -2.35. The molecule has 1 saturated heterocycles. The van der Waals surface area contributed by atoms with Gasteiger partial charge in [0.1, 0.15) is 6.07 Å². The highest BCUT2D eigenvalue weighted by molar-refractivity contribution is 5.99. The van der Waals surface area contributed by atoms with Crippen molar-refractivity contribution in [2.24, 2.45) is 11.8 Å². The Balaban J connectivity index is 1.08. The van der Waals surface area contributed by atoms with Crippen LogP contribution in [-0.4, -0.2) is 54.3 Å². The van der Waals surface area contributed by atoms with Crippen LogP contribution in [0.3, 0.4) is 0 Å². The van der Waals surface area contributed by atoms with Gasteiger partial charge < -0.3 is 5.32 Å². The molecule has 2 amide bonds. The van der Waals surface area contributed by atoms with Gasteiger partial charge >= 0.3 is 0 Å². The van der Waals surface area contributed by atoms with Crippen molar-refractivity contribution in [3.05, 3.63) is 58.6 Å². The Labute approximate surface area is 213 Å². The van der Waals surface area contributed by atoms with Crippen LogP contribution in [0.1, 0.15) is 77.0 Å². The van der Waals surface area contributed by atoms with E-state index in [9.17, 15) is 14.9 Å². The lowest BCUT2D eigenvalue weighted by molar-refractivity contribution is -0.118. The molecule has 37 heavy (non-hydrogen) atoms. The molecular formula is C26H27N9O2. The van der Waals surface area contributed by atoms with Crippen molar-refractivity contribution in [1.82, 2.24) is 35.3 Å². The van der Waals surface area contributed by atoms with Crippen molar-refractivity contribution in [3.63, 3.8) is 0 Å². The number of hydrogen-bond acceptors (Lipinski definition) is 8. The van der Waals surface area contributed by atoms with E-state index in [1.165, 1.54) is 0 Å². The zero-order chi connectivity index (χ0) is 25.8. The molecule has 3 aliphatic rings. The Bertz CT molecular complexity index is 1450. The first-order chi connectivity index (χ1) is 17.8. The number of hydrogen-bond donors (Lipinski definition) is 1. The minimum absolute atomic E-state index is 0.00526. The third-order valence-electron chi connectivity index (χ3n) is 7.73. The molecule has 0 radical (unpaired) electrons. The van der Waals surface area contributed by atoms with Gasteiger partial charge in [-0.15, -0.1) is 5.10 Å². The van der Waals surface area contributed by atoms with Gasteiger partial charge in [-0.3, -0.25) is 24.5 Å². The fraction of sp³-hybridized carbons (Fsp3) is 0.462. The topological polar surface area (TPSA) is 143 Å². The van der Waals surface area contributed by atoms with Gasteiger partial charge in [0.05, 0.1) is 41.1 Å². The summed E-state index contributed by atoms with van der Waals surface area (Å²) in [5.74, 6) is 1.26. The molecule has 3 atom stereocenters. The number of nitriles is 1. The largest absolute Gasteiger partial charge is 0.348 e. The molecular weight excluding hydrogens is 470 g/mol. The maximum Gasteiger partial charge on any atom is 0.273 e. The SMILES string of the molecule is Cc1ccc(C#N)c(C2CC(NC(=O)c3cn(C(C)c4cnc(N5C[C@H]6C[C@H]6C5=O)c(C)n4)nn3)C2)n1. The van der Waals surface area contributed by atoms with Crippen LogP contribution >= 0.6 is 0 Å². The number of nitrogens with one attached hydrogen (secondary N) is 1. The highest BCUT2D eigenvalue weighted by Gasteiger charge is 2.53. The molecule has 1 unspecified atom stereocenters. The van der Waals surface area contributed by atoms with E-state index >= 15 is 0 Å². The second-order valence-corrected chi connectivity index (χ2v) is 10.4. The molecule has 11 nitrogen and oxygen atoms in total. The summed E-state index contributed by atoms with van der Waals surface area (Å²) in [4.78, 5) is 40.7. The predicted octanol–water partition coefficient (Wildman–Crippen LogP) is 2.22. The van der Waals surface area contributed by atoms with Crippen LogP contribution in [-0.2, 0) is 4.79 Å². The van der Waals surface area contributed by atoms with Gasteiger partial charge in [0, 0.05) is 30.1 Å². The lowest BCUT2D eigenvalue weighted by Crippen LogP contribution is -2.43. The van der Waals surface area contributed by atoms with Gasteiger partial charge in [-0.05, 0) is 58.1 Å². The van der Waals surface area contributed by atoms with Crippen LogP contribution in [0.25, 0.3) is 0 Å². The zero-order valence-corrected chi connectivity index (χ0v) is 20.9. The first-order valence-corrected chi connectivity index (χ1v) is 12.6. The first-order valence-electron chi connectivity index (χ1n) is 12.6. The molecule has 0 aromatic carbocycles. The van der Waals surface area contributed by atoms with Crippen LogP contribution < -0.4 is 10.2 Å². The number of rotatable bonds is 6. The van der Waals surface area contributed by atoms with Crippen molar-refractivity contribution in [2.75, 3.05) is 11.4 Å². The van der Waals surface area contributed by atoms with Crippen LogP contribution in [0.2, 0.25) is 0 Å². The molecule has 0 spiro atoms. The van der Waals surface area contributed by atoms with Crippen molar-refractivity contribution in [2.45, 2.75) is 58.0 Å². The average Bonchev–Trinajstić information content (AvgIpc) is 3.32. The van der Waals surface area contributed by atoms with Gasteiger partial charge in [0.15, 0.2) is 11.5 Å². The monoisotopic (exact) mass is 497 g/mol. The number of amides is 2. The van der Waals surface area contributed by atoms with Crippen LogP contribution in [0.15, 0.2) is 24.5 Å². The molecule has 4 heterocycles.